The summed E-state index contributed by atoms with van der Waals surface area (Å²) in [5.41, 5.74) is 0.836. The van der Waals surface area contributed by atoms with Gasteiger partial charge in [-0.1, -0.05) is 44.2 Å². The highest BCUT2D eigenvalue weighted by molar-refractivity contribution is 5.92. The van der Waals surface area contributed by atoms with Gasteiger partial charge < -0.3 is 25.8 Å². The number of rotatable bonds is 12. The van der Waals surface area contributed by atoms with Crippen molar-refractivity contribution in [1.29, 1.82) is 0 Å². The number of hydrogen-bond acceptors (Lipinski definition) is 6. The highest BCUT2D eigenvalue weighted by Gasteiger charge is 2.29. The Morgan fingerprint density at radius 1 is 1.03 bits per heavy atom. The molecule has 9 heteroatoms. The molecule has 3 amide bonds. The fourth-order valence-corrected chi connectivity index (χ4v) is 2.73. The van der Waals surface area contributed by atoms with Gasteiger partial charge in [0.15, 0.2) is 0 Å². The Kier molecular flexibility index (Phi) is 10.4. The summed E-state index contributed by atoms with van der Waals surface area (Å²) in [6.07, 6.45) is 0.828. The average molecular weight is 407 g/mol. The van der Waals surface area contributed by atoms with Crippen LogP contribution in [0.3, 0.4) is 0 Å². The van der Waals surface area contributed by atoms with E-state index in [0.29, 0.717) is 12.8 Å². The van der Waals surface area contributed by atoms with Gasteiger partial charge in [-0.2, -0.15) is 0 Å². The molecule has 0 spiro atoms. The topological polar surface area (TPSA) is 134 Å². The molecule has 0 bridgehead atoms. The van der Waals surface area contributed by atoms with E-state index < -0.39 is 42.5 Å². The van der Waals surface area contributed by atoms with Crippen molar-refractivity contribution in [3.63, 3.8) is 0 Å². The van der Waals surface area contributed by atoms with E-state index in [1.54, 1.807) is 0 Å². The molecular formula is C20H29N3O6. The largest absolute Gasteiger partial charge is 0.467 e. The molecule has 0 fully saturated rings. The minimum Gasteiger partial charge on any atom is -0.467 e. The summed E-state index contributed by atoms with van der Waals surface area (Å²) in [5.74, 6) is -1.80. The number of hydrogen-bond donors (Lipinski definition) is 4. The van der Waals surface area contributed by atoms with Gasteiger partial charge in [0.05, 0.1) is 13.7 Å². The smallest absolute Gasteiger partial charge is 0.328 e. The number of esters is 1. The lowest BCUT2D eigenvalue weighted by Crippen LogP contribution is -2.56. The van der Waals surface area contributed by atoms with Gasteiger partial charge in [-0.3, -0.25) is 14.4 Å². The molecule has 0 heterocycles. The van der Waals surface area contributed by atoms with Gasteiger partial charge in [-0.25, -0.2) is 4.79 Å². The van der Waals surface area contributed by atoms with Gasteiger partial charge in [-0.05, 0) is 17.9 Å². The SMILES string of the molecule is COC(=O)[C@H](Cc1ccccc1)NC(=O)[C@H](CC(C)C)NC(=O)[C@H](CO)NC=O. The van der Waals surface area contributed by atoms with Crippen LogP contribution in [0.2, 0.25) is 0 Å². The van der Waals surface area contributed by atoms with Gasteiger partial charge >= 0.3 is 5.97 Å². The summed E-state index contributed by atoms with van der Waals surface area (Å²) in [5, 5.41) is 16.6. The zero-order valence-corrected chi connectivity index (χ0v) is 16.9. The van der Waals surface area contributed by atoms with Crippen LogP contribution in [0.5, 0.6) is 0 Å². The number of carbonyl (C=O) groups is 4. The molecule has 0 radical (unpaired) electrons. The first-order valence-corrected chi connectivity index (χ1v) is 9.35. The maximum absolute atomic E-state index is 12.8. The normalized spacial score (nSPS) is 13.7. The zero-order valence-electron chi connectivity index (χ0n) is 16.9. The molecule has 1 rings (SSSR count). The summed E-state index contributed by atoms with van der Waals surface area (Å²) in [6, 6.07) is 6.09. The van der Waals surface area contributed by atoms with Crippen molar-refractivity contribution in [2.75, 3.05) is 13.7 Å². The quantitative estimate of drug-likeness (QED) is 0.273. The van der Waals surface area contributed by atoms with Crippen LogP contribution in [-0.2, 0) is 30.3 Å². The van der Waals surface area contributed by atoms with Crippen molar-refractivity contribution < 1.29 is 29.0 Å². The average Bonchev–Trinajstić information content (AvgIpc) is 2.70. The number of benzene rings is 1. The highest BCUT2D eigenvalue weighted by Crippen LogP contribution is 2.09. The fraction of sp³-hybridized carbons (Fsp3) is 0.500. The predicted octanol–water partition coefficient (Wildman–Crippen LogP) is -0.475. The molecule has 0 aliphatic carbocycles. The molecule has 0 unspecified atom stereocenters. The molecule has 0 aromatic heterocycles. The van der Waals surface area contributed by atoms with Crippen LogP contribution in [0, 0.1) is 5.92 Å². The Morgan fingerprint density at radius 3 is 2.14 bits per heavy atom. The van der Waals surface area contributed by atoms with Crippen molar-refractivity contribution in [2.24, 2.45) is 5.92 Å². The highest BCUT2D eigenvalue weighted by atomic mass is 16.5. The van der Waals surface area contributed by atoms with E-state index in [-0.39, 0.29) is 12.3 Å². The Hall–Kier alpha value is -2.94. The minimum atomic E-state index is -1.17. The summed E-state index contributed by atoms with van der Waals surface area (Å²) in [7, 11) is 1.23. The van der Waals surface area contributed by atoms with Crippen LogP contribution in [0.15, 0.2) is 30.3 Å². The standard InChI is InChI=1S/C20H29N3O6/c1-13(2)9-15(22-19(27)17(11-24)21-12-25)18(26)23-16(20(28)29-3)10-14-7-5-4-6-8-14/h4-8,12-13,15-17,24H,9-11H2,1-3H3,(H,21,25)(H,22,27)(H,23,26)/t15-,16-,17-/m0/s1. The van der Waals surface area contributed by atoms with Crippen LogP contribution in [0.1, 0.15) is 25.8 Å². The number of aliphatic hydroxyl groups excluding tert-OH is 1. The van der Waals surface area contributed by atoms with Crippen LogP contribution in [0.25, 0.3) is 0 Å². The number of ether oxygens (including phenoxy) is 1. The van der Waals surface area contributed by atoms with E-state index in [0.717, 1.165) is 5.56 Å². The maximum Gasteiger partial charge on any atom is 0.328 e. The van der Waals surface area contributed by atoms with E-state index in [1.807, 2.05) is 44.2 Å². The van der Waals surface area contributed by atoms with Crippen LogP contribution >= 0.6 is 0 Å². The van der Waals surface area contributed by atoms with Crippen LogP contribution in [-0.4, -0.2) is 61.1 Å². The second kappa shape index (κ2) is 12.5. The second-order valence-corrected chi connectivity index (χ2v) is 6.98. The number of aliphatic hydroxyl groups is 1. The fourth-order valence-electron chi connectivity index (χ4n) is 2.73. The number of amides is 3. The van der Waals surface area contributed by atoms with Gasteiger partial charge in [0.1, 0.15) is 18.1 Å². The van der Waals surface area contributed by atoms with E-state index in [9.17, 15) is 24.3 Å². The summed E-state index contributed by atoms with van der Waals surface area (Å²) in [4.78, 5) is 47.8. The molecule has 160 valence electrons. The predicted molar refractivity (Wildman–Crippen MR) is 106 cm³/mol. The lowest BCUT2D eigenvalue weighted by atomic mass is 10.0. The third-order valence-corrected chi connectivity index (χ3v) is 4.19. The van der Waals surface area contributed by atoms with Crippen molar-refractivity contribution >= 4 is 24.2 Å². The van der Waals surface area contributed by atoms with Gasteiger partial charge in [0.25, 0.3) is 0 Å². The number of nitrogens with one attached hydrogen (secondary N) is 3. The van der Waals surface area contributed by atoms with Gasteiger partial charge in [0, 0.05) is 6.42 Å². The van der Waals surface area contributed by atoms with Crippen molar-refractivity contribution in [2.45, 2.75) is 44.8 Å². The first-order chi connectivity index (χ1) is 13.8. The van der Waals surface area contributed by atoms with Crippen molar-refractivity contribution in [1.82, 2.24) is 16.0 Å². The molecule has 4 N–H and O–H groups in total. The molecule has 29 heavy (non-hydrogen) atoms. The molecule has 1 aromatic carbocycles. The molecule has 1 aromatic rings. The van der Waals surface area contributed by atoms with Crippen LogP contribution < -0.4 is 16.0 Å². The van der Waals surface area contributed by atoms with Gasteiger partial charge in [-0.15, -0.1) is 0 Å². The molecule has 0 aliphatic rings. The lowest BCUT2D eigenvalue weighted by Gasteiger charge is -2.25. The molecule has 0 saturated heterocycles. The minimum absolute atomic E-state index is 0.0587. The number of methoxy groups -OCH3 is 1. The summed E-state index contributed by atoms with van der Waals surface area (Å²) >= 11 is 0. The Labute approximate surface area is 170 Å². The third kappa shape index (κ3) is 8.30. The Morgan fingerprint density at radius 2 is 1.62 bits per heavy atom. The Bertz CT molecular complexity index is 680. The molecule has 0 aliphatic heterocycles. The van der Waals surface area contributed by atoms with Crippen molar-refractivity contribution in [3.8, 4) is 0 Å². The first kappa shape index (κ1) is 24.1. The second-order valence-electron chi connectivity index (χ2n) is 6.98. The lowest BCUT2D eigenvalue weighted by molar-refractivity contribution is -0.145. The van der Waals surface area contributed by atoms with E-state index in [4.69, 9.17) is 4.74 Å². The Balaban J connectivity index is 2.92. The maximum atomic E-state index is 12.8. The van der Waals surface area contributed by atoms with Crippen LogP contribution in [0.4, 0.5) is 0 Å². The molecule has 3 atom stereocenters. The monoisotopic (exact) mass is 407 g/mol. The molecule has 9 nitrogen and oxygen atoms in total. The van der Waals surface area contributed by atoms with E-state index in [1.165, 1.54) is 7.11 Å². The third-order valence-electron chi connectivity index (χ3n) is 4.19. The first-order valence-electron chi connectivity index (χ1n) is 9.35. The summed E-state index contributed by atoms with van der Waals surface area (Å²) < 4.78 is 4.79. The zero-order chi connectivity index (χ0) is 21.8. The molecular weight excluding hydrogens is 378 g/mol. The molecule has 0 saturated carbocycles. The van der Waals surface area contributed by atoms with Gasteiger partial charge in [0.2, 0.25) is 18.2 Å². The van der Waals surface area contributed by atoms with Crippen molar-refractivity contribution in [3.05, 3.63) is 35.9 Å². The summed E-state index contributed by atoms with van der Waals surface area (Å²) in [6.45, 7) is 3.14. The van der Waals surface area contributed by atoms with E-state index >= 15 is 0 Å². The van der Waals surface area contributed by atoms with E-state index in [2.05, 4.69) is 16.0 Å². The number of carbonyl (C=O) groups excluding carboxylic acids is 4.